The van der Waals surface area contributed by atoms with Crippen molar-refractivity contribution in [3.63, 3.8) is 0 Å². The second-order valence-corrected chi connectivity index (χ2v) is 9.61. The third-order valence-electron chi connectivity index (χ3n) is 5.48. The Morgan fingerprint density at radius 2 is 1.70 bits per heavy atom. The molecule has 1 unspecified atom stereocenters. The first-order valence-corrected chi connectivity index (χ1v) is 12.1. The summed E-state index contributed by atoms with van der Waals surface area (Å²) >= 11 is 0. The molecule has 0 saturated heterocycles. The number of pyridine rings is 1. The van der Waals surface area contributed by atoms with Crippen LogP contribution in [-0.2, 0) is 21.2 Å². The molecule has 0 spiro atoms. The highest BCUT2D eigenvalue weighted by Crippen LogP contribution is 2.22. The minimum absolute atomic E-state index is 0.0460. The van der Waals surface area contributed by atoms with E-state index in [2.05, 4.69) is 9.71 Å². The van der Waals surface area contributed by atoms with Gasteiger partial charge >= 0.3 is 0 Å². The highest BCUT2D eigenvalue weighted by Gasteiger charge is 2.30. The SMILES string of the molecule is Cc1cccc(N(C)C(=O)C(Cc2ccccc2)NS(=O)(=O)c2cccc3cccnc23)c1. The molecule has 0 aliphatic carbocycles. The number of carbonyl (C=O) groups is 1. The van der Waals surface area contributed by atoms with Crippen molar-refractivity contribution in [2.24, 2.45) is 0 Å². The van der Waals surface area contributed by atoms with Crippen LogP contribution in [0.25, 0.3) is 10.9 Å². The molecule has 4 rings (SSSR count). The monoisotopic (exact) mass is 459 g/mol. The number of aryl methyl sites for hydroxylation is 1. The topological polar surface area (TPSA) is 79.4 Å². The average Bonchev–Trinajstić information content (AvgIpc) is 2.83. The second-order valence-electron chi connectivity index (χ2n) is 7.93. The number of rotatable bonds is 7. The molecule has 0 aliphatic heterocycles. The van der Waals surface area contributed by atoms with Crippen molar-refractivity contribution < 1.29 is 13.2 Å². The van der Waals surface area contributed by atoms with E-state index >= 15 is 0 Å². The summed E-state index contributed by atoms with van der Waals surface area (Å²) in [5.41, 5.74) is 2.93. The number of aromatic nitrogens is 1. The second kappa shape index (κ2) is 9.52. The van der Waals surface area contributed by atoms with Gasteiger partial charge in [0.25, 0.3) is 0 Å². The summed E-state index contributed by atoms with van der Waals surface area (Å²) in [5, 5.41) is 0.711. The summed E-state index contributed by atoms with van der Waals surface area (Å²) in [4.78, 5) is 19.3. The fourth-order valence-electron chi connectivity index (χ4n) is 3.77. The number of sulfonamides is 1. The van der Waals surface area contributed by atoms with E-state index < -0.39 is 16.1 Å². The van der Waals surface area contributed by atoms with Crippen LogP contribution in [0.1, 0.15) is 11.1 Å². The van der Waals surface area contributed by atoms with Gasteiger partial charge in [-0.3, -0.25) is 9.78 Å². The van der Waals surface area contributed by atoms with E-state index in [0.29, 0.717) is 16.6 Å². The zero-order chi connectivity index (χ0) is 23.4. The van der Waals surface area contributed by atoms with Crippen LogP contribution in [0.2, 0.25) is 0 Å². The maximum Gasteiger partial charge on any atom is 0.245 e. The Labute approximate surface area is 194 Å². The van der Waals surface area contributed by atoms with Gasteiger partial charge in [-0.15, -0.1) is 0 Å². The molecule has 4 aromatic rings. The maximum atomic E-state index is 13.5. The Kier molecular flexibility index (Phi) is 6.53. The molecule has 33 heavy (non-hydrogen) atoms. The zero-order valence-corrected chi connectivity index (χ0v) is 19.3. The van der Waals surface area contributed by atoms with Crippen molar-refractivity contribution in [1.82, 2.24) is 9.71 Å². The van der Waals surface area contributed by atoms with Gasteiger partial charge in [-0.25, -0.2) is 8.42 Å². The van der Waals surface area contributed by atoms with Gasteiger partial charge in [0, 0.05) is 24.3 Å². The molecular weight excluding hydrogens is 434 g/mol. The highest BCUT2D eigenvalue weighted by molar-refractivity contribution is 7.89. The van der Waals surface area contributed by atoms with Crippen LogP contribution < -0.4 is 9.62 Å². The lowest BCUT2D eigenvalue weighted by molar-refractivity contribution is -0.119. The molecule has 168 valence electrons. The Hall–Kier alpha value is -3.55. The van der Waals surface area contributed by atoms with E-state index in [1.807, 2.05) is 61.5 Å². The molecule has 1 amide bonds. The van der Waals surface area contributed by atoms with E-state index in [-0.39, 0.29) is 17.2 Å². The minimum Gasteiger partial charge on any atom is -0.314 e. The number of amides is 1. The number of fused-ring (bicyclic) bond motifs is 1. The third-order valence-corrected chi connectivity index (χ3v) is 6.99. The van der Waals surface area contributed by atoms with Crippen molar-refractivity contribution in [3.05, 3.63) is 102 Å². The van der Waals surface area contributed by atoms with Crippen LogP contribution in [-0.4, -0.2) is 32.4 Å². The van der Waals surface area contributed by atoms with Crippen molar-refractivity contribution in [2.75, 3.05) is 11.9 Å². The summed E-state index contributed by atoms with van der Waals surface area (Å²) in [7, 11) is -2.38. The van der Waals surface area contributed by atoms with E-state index in [0.717, 1.165) is 11.1 Å². The van der Waals surface area contributed by atoms with E-state index in [1.165, 1.54) is 11.0 Å². The summed E-state index contributed by atoms with van der Waals surface area (Å²) in [6.45, 7) is 1.94. The number of nitrogens with one attached hydrogen (secondary N) is 1. The Balaban J connectivity index is 1.70. The lowest BCUT2D eigenvalue weighted by Gasteiger charge is -2.25. The summed E-state index contributed by atoms with van der Waals surface area (Å²) in [6.07, 6.45) is 1.77. The van der Waals surface area contributed by atoms with Gasteiger partial charge in [0.1, 0.15) is 10.9 Å². The van der Waals surface area contributed by atoms with Crippen LogP contribution in [0, 0.1) is 6.92 Å². The quantitative estimate of drug-likeness (QED) is 0.451. The van der Waals surface area contributed by atoms with Crippen molar-refractivity contribution in [3.8, 4) is 0 Å². The fraction of sp³-hybridized carbons (Fsp3) is 0.154. The summed E-state index contributed by atoms with van der Waals surface area (Å²) in [6, 6.07) is 24.4. The third kappa shape index (κ3) is 5.10. The predicted octanol–water partition coefficient (Wildman–Crippen LogP) is 4.10. The van der Waals surface area contributed by atoms with Crippen molar-refractivity contribution in [2.45, 2.75) is 24.3 Å². The molecule has 1 heterocycles. The largest absolute Gasteiger partial charge is 0.314 e. The molecule has 1 N–H and O–H groups in total. The lowest BCUT2D eigenvalue weighted by atomic mass is 10.1. The molecule has 0 radical (unpaired) electrons. The number of anilines is 1. The number of hydrogen-bond acceptors (Lipinski definition) is 4. The predicted molar refractivity (Wildman–Crippen MR) is 131 cm³/mol. The maximum absolute atomic E-state index is 13.5. The normalized spacial score (nSPS) is 12.4. The first kappa shape index (κ1) is 22.6. The number of carbonyl (C=O) groups excluding carboxylic acids is 1. The van der Waals surface area contributed by atoms with Gasteiger partial charge in [0.15, 0.2) is 0 Å². The molecule has 0 aliphatic rings. The van der Waals surface area contributed by atoms with Crippen LogP contribution >= 0.6 is 0 Å². The average molecular weight is 460 g/mol. The Morgan fingerprint density at radius 1 is 0.970 bits per heavy atom. The molecule has 0 fully saturated rings. The van der Waals surface area contributed by atoms with Gasteiger partial charge in [-0.1, -0.05) is 60.7 Å². The van der Waals surface area contributed by atoms with E-state index in [9.17, 15) is 13.2 Å². The van der Waals surface area contributed by atoms with Gasteiger partial charge in [0.05, 0.1) is 5.52 Å². The molecule has 1 atom stereocenters. The fourth-order valence-corrected chi connectivity index (χ4v) is 5.14. The minimum atomic E-state index is -4.04. The van der Waals surface area contributed by atoms with Gasteiger partial charge < -0.3 is 4.90 Å². The highest BCUT2D eigenvalue weighted by atomic mass is 32.2. The van der Waals surface area contributed by atoms with Crippen LogP contribution in [0.5, 0.6) is 0 Å². The van der Waals surface area contributed by atoms with Gasteiger partial charge in [-0.2, -0.15) is 4.72 Å². The molecule has 7 heteroatoms. The summed E-state index contributed by atoms with van der Waals surface area (Å²) < 4.78 is 29.5. The Bertz CT molecular complexity index is 1380. The van der Waals surface area contributed by atoms with Crippen LogP contribution in [0.4, 0.5) is 5.69 Å². The molecule has 1 aromatic heterocycles. The lowest BCUT2D eigenvalue weighted by Crippen LogP contribution is -2.48. The van der Waals surface area contributed by atoms with Crippen LogP contribution in [0.15, 0.2) is 96.0 Å². The number of hydrogen-bond donors (Lipinski definition) is 1. The standard InChI is InChI=1S/C26H25N3O3S/c1-19-9-6-14-22(17-19)29(2)26(30)23(18-20-10-4-3-5-11-20)28-33(31,32)24-15-7-12-21-13-8-16-27-25(21)24/h3-17,23,28H,18H2,1-2H3. The van der Waals surface area contributed by atoms with E-state index in [1.54, 1.807) is 37.5 Å². The first-order chi connectivity index (χ1) is 15.8. The summed E-state index contributed by atoms with van der Waals surface area (Å²) in [5.74, 6) is -0.346. The number of para-hydroxylation sites is 1. The molecular formula is C26H25N3O3S. The smallest absolute Gasteiger partial charge is 0.245 e. The zero-order valence-electron chi connectivity index (χ0n) is 18.5. The molecule has 6 nitrogen and oxygen atoms in total. The molecule has 3 aromatic carbocycles. The van der Waals surface area contributed by atoms with Crippen molar-refractivity contribution in [1.29, 1.82) is 0 Å². The number of nitrogens with zero attached hydrogens (tertiary/aromatic N) is 2. The van der Waals surface area contributed by atoms with Gasteiger partial charge in [-0.05, 0) is 48.7 Å². The number of benzene rings is 3. The molecule has 0 bridgehead atoms. The molecule has 0 saturated carbocycles. The van der Waals surface area contributed by atoms with Crippen molar-refractivity contribution >= 4 is 32.5 Å². The first-order valence-electron chi connectivity index (χ1n) is 10.6. The van der Waals surface area contributed by atoms with E-state index in [4.69, 9.17) is 0 Å². The number of likely N-dealkylation sites (N-methyl/N-ethyl adjacent to an activating group) is 1. The Morgan fingerprint density at radius 3 is 2.45 bits per heavy atom. The van der Waals surface area contributed by atoms with Gasteiger partial charge in [0.2, 0.25) is 15.9 Å². The van der Waals surface area contributed by atoms with Crippen LogP contribution in [0.3, 0.4) is 0 Å².